The highest BCUT2D eigenvalue weighted by atomic mass is 35.5. The average Bonchev–Trinajstić information content (AvgIpc) is 2.68. The molecule has 4 nitrogen and oxygen atoms in total. The van der Waals surface area contributed by atoms with Gasteiger partial charge in [-0.1, -0.05) is 54.1 Å². The van der Waals surface area contributed by atoms with Crippen LogP contribution in [-0.2, 0) is 10.0 Å². The van der Waals surface area contributed by atoms with Gasteiger partial charge in [-0.15, -0.1) is 0 Å². The molecule has 1 fully saturated rings. The van der Waals surface area contributed by atoms with Gasteiger partial charge in [0.25, 0.3) is 0 Å². The van der Waals surface area contributed by atoms with Gasteiger partial charge >= 0.3 is 0 Å². The van der Waals surface area contributed by atoms with Crippen LogP contribution in [0.15, 0.2) is 30.3 Å². The molecule has 156 valence electrons. The van der Waals surface area contributed by atoms with Gasteiger partial charge in [0.05, 0.1) is 22.4 Å². The summed E-state index contributed by atoms with van der Waals surface area (Å²) in [5, 5.41) is -0.0170. The van der Waals surface area contributed by atoms with E-state index in [4.69, 9.17) is 34.8 Å². The molecule has 1 saturated carbocycles. The first-order valence-electron chi connectivity index (χ1n) is 9.14. The van der Waals surface area contributed by atoms with Gasteiger partial charge in [0.2, 0.25) is 10.0 Å². The summed E-state index contributed by atoms with van der Waals surface area (Å²) in [5.41, 5.74) is 0.704. The Morgan fingerprint density at radius 2 is 1.55 bits per heavy atom. The quantitative estimate of drug-likeness (QED) is 0.527. The van der Waals surface area contributed by atoms with E-state index in [2.05, 4.69) is 4.72 Å². The molecule has 2 aromatic carbocycles. The lowest BCUT2D eigenvalue weighted by molar-refractivity contribution is 0.0993. The molecule has 0 unspecified atom stereocenters. The number of sulfonamides is 1. The lowest BCUT2D eigenvalue weighted by atomic mass is 10.0. The first-order valence-corrected chi connectivity index (χ1v) is 11.8. The summed E-state index contributed by atoms with van der Waals surface area (Å²) in [4.78, 5) is 12.6. The van der Waals surface area contributed by atoms with Crippen molar-refractivity contribution >= 4 is 50.6 Å². The molecule has 0 aromatic heterocycles. The monoisotopic (exact) mass is 477 g/mol. The van der Waals surface area contributed by atoms with E-state index in [1.165, 1.54) is 12.1 Å². The van der Waals surface area contributed by atoms with Gasteiger partial charge in [0.1, 0.15) is 0 Å². The summed E-state index contributed by atoms with van der Waals surface area (Å²) in [6, 6.07) is 7.44. The molecule has 9 heteroatoms. The Kier molecular flexibility index (Phi) is 7.23. The zero-order chi connectivity index (χ0) is 21.2. The molecule has 0 bridgehead atoms. The third-order valence-electron chi connectivity index (χ3n) is 4.95. The molecule has 0 saturated heterocycles. The van der Waals surface area contributed by atoms with Crippen LogP contribution in [0.1, 0.15) is 42.5 Å². The number of nitrogens with one attached hydrogen (secondary N) is 1. The van der Waals surface area contributed by atoms with Crippen LogP contribution < -0.4 is 4.72 Å². The van der Waals surface area contributed by atoms with Crippen molar-refractivity contribution in [3.63, 3.8) is 0 Å². The molecule has 0 heterocycles. The first kappa shape index (κ1) is 22.5. The molecule has 2 aromatic rings. The second-order valence-corrected chi connectivity index (χ2v) is 10.4. The van der Waals surface area contributed by atoms with E-state index in [1.807, 2.05) is 0 Å². The highest BCUT2D eigenvalue weighted by Crippen LogP contribution is 2.32. The van der Waals surface area contributed by atoms with Crippen molar-refractivity contribution in [2.24, 2.45) is 0 Å². The predicted octanol–water partition coefficient (Wildman–Crippen LogP) is 5.89. The van der Waals surface area contributed by atoms with Crippen molar-refractivity contribution in [2.45, 2.75) is 37.4 Å². The molecule has 1 N–H and O–H groups in total. The number of benzene rings is 2. The van der Waals surface area contributed by atoms with Crippen LogP contribution in [0.5, 0.6) is 0 Å². The average molecular weight is 479 g/mol. The van der Waals surface area contributed by atoms with Crippen molar-refractivity contribution in [3.05, 3.63) is 56.8 Å². The van der Waals surface area contributed by atoms with Gasteiger partial charge in [-0.25, -0.2) is 17.5 Å². The highest BCUT2D eigenvalue weighted by molar-refractivity contribution is 7.90. The number of hydrogen-bond donors (Lipinski definition) is 1. The van der Waals surface area contributed by atoms with E-state index in [0.29, 0.717) is 34.0 Å². The second kappa shape index (κ2) is 9.31. The van der Waals surface area contributed by atoms with Crippen LogP contribution in [-0.4, -0.2) is 26.0 Å². The van der Waals surface area contributed by atoms with Crippen molar-refractivity contribution in [1.82, 2.24) is 4.72 Å². The predicted molar refractivity (Wildman–Crippen MR) is 115 cm³/mol. The summed E-state index contributed by atoms with van der Waals surface area (Å²) in [7, 11) is -3.64. The molecule has 0 spiro atoms. The molecular weight excluding hydrogens is 460 g/mol. The second-order valence-electron chi connectivity index (χ2n) is 7.03. The number of ketones is 1. The Labute approximate surface area is 184 Å². The van der Waals surface area contributed by atoms with Crippen molar-refractivity contribution < 1.29 is 17.6 Å². The Balaban J connectivity index is 1.84. The maximum absolute atomic E-state index is 14.5. The SMILES string of the molecule is O=C(CNS(=O)(=O)C1CCCCC1)c1cc(-c2cc(Cl)cc(Cl)c2)cc(Cl)c1F. The fourth-order valence-electron chi connectivity index (χ4n) is 3.43. The Morgan fingerprint density at radius 3 is 2.17 bits per heavy atom. The third kappa shape index (κ3) is 5.50. The zero-order valence-electron chi connectivity index (χ0n) is 15.4. The van der Waals surface area contributed by atoms with Crippen LogP contribution in [0.4, 0.5) is 4.39 Å². The number of halogens is 4. The summed E-state index contributed by atoms with van der Waals surface area (Å²) in [6.45, 7) is -0.536. The van der Waals surface area contributed by atoms with Gasteiger partial charge in [-0.2, -0.15) is 0 Å². The number of rotatable bonds is 6. The molecule has 3 rings (SSSR count). The van der Waals surface area contributed by atoms with Gasteiger partial charge in [-0.3, -0.25) is 4.79 Å². The molecule has 29 heavy (non-hydrogen) atoms. The highest BCUT2D eigenvalue weighted by Gasteiger charge is 2.28. The van der Waals surface area contributed by atoms with E-state index in [-0.39, 0.29) is 10.6 Å². The lowest BCUT2D eigenvalue weighted by Gasteiger charge is -2.21. The minimum Gasteiger partial charge on any atom is -0.293 e. The summed E-state index contributed by atoms with van der Waals surface area (Å²) < 4.78 is 41.7. The third-order valence-corrected chi connectivity index (χ3v) is 7.56. The first-order chi connectivity index (χ1) is 13.7. The van der Waals surface area contributed by atoms with E-state index in [0.717, 1.165) is 19.3 Å². The minimum absolute atomic E-state index is 0.253. The number of carbonyl (C=O) groups is 1. The Morgan fingerprint density at radius 1 is 0.966 bits per heavy atom. The van der Waals surface area contributed by atoms with E-state index in [1.54, 1.807) is 18.2 Å². The number of hydrogen-bond acceptors (Lipinski definition) is 3. The van der Waals surface area contributed by atoms with Gasteiger partial charge in [-0.05, 0) is 54.3 Å². The van der Waals surface area contributed by atoms with E-state index < -0.39 is 33.4 Å². The van der Waals surface area contributed by atoms with Crippen molar-refractivity contribution in [1.29, 1.82) is 0 Å². The Bertz CT molecular complexity index is 1020. The minimum atomic E-state index is -3.64. The van der Waals surface area contributed by atoms with E-state index in [9.17, 15) is 17.6 Å². The normalized spacial score (nSPS) is 15.4. The smallest absolute Gasteiger partial charge is 0.214 e. The number of Topliss-reactive ketones (excluding diaryl/α,β-unsaturated/α-hetero) is 1. The summed E-state index contributed by atoms with van der Waals surface area (Å²) in [6.07, 6.45) is 3.82. The van der Waals surface area contributed by atoms with Gasteiger partial charge < -0.3 is 0 Å². The molecule has 1 aliphatic carbocycles. The number of carbonyl (C=O) groups excluding carboxylic acids is 1. The maximum atomic E-state index is 14.5. The standard InChI is InChI=1S/C20H19Cl3FNO3S/c21-14-6-12(7-15(22)10-14)13-8-17(20(24)18(23)9-13)19(26)11-25-29(27,28)16-4-2-1-3-5-16/h6-10,16,25H,1-5,11H2. The maximum Gasteiger partial charge on any atom is 0.214 e. The van der Waals surface area contributed by atoms with Crippen molar-refractivity contribution in [3.8, 4) is 11.1 Å². The molecule has 0 aliphatic heterocycles. The molecule has 0 radical (unpaired) electrons. The van der Waals surface area contributed by atoms with Crippen LogP contribution in [0.2, 0.25) is 15.1 Å². The molecule has 0 amide bonds. The molecule has 0 atom stereocenters. The van der Waals surface area contributed by atoms with Crippen LogP contribution in [0.25, 0.3) is 11.1 Å². The largest absolute Gasteiger partial charge is 0.293 e. The van der Waals surface area contributed by atoms with Crippen LogP contribution in [0.3, 0.4) is 0 Å². The van der Waals surface area contributed by atoms with E-state index >= 15 is 0 Å². The van der Waals surface area contributed by atoms with Gasteiger partial charge in [0.15, 0.2) is 11.6 Å². The fraction of sp³-hybridized carbons (Fsp3) is 0.350. The molecule has 1 aliphatic rings. The fourth-order valence-corrected chi connectivity index (χ4v) is 5.70. The Hall–Kier alpha value is -1.18. The summed E-state index contributed by atoms with van der Waals surface area (Å²) in [5.74, 6) is -1.61. The summed E-state index contributed by atoms with van der Waals surface area (Å²) >= 11 is 18.0. The van der Waals surface area contributed by atoms with Gasteiger partial charge in [0, 0.05) is 10.0 Å². The lowest BCUT2D eigenvalue weighted by Crippen LogP contribution is -2.38. The van der Waals surface area contributed by atoms with Crippen molar-refractivity contribution in [2.75, 3.05) is 6.54 Å². The van der Waals surface area contributed by atoms with Crippen LogP contribution in [0, 0.1) is 5.82 Å². The zero-order valence-corrected chi connectivity index (χ0v) is 18.4. The van der Waals surface area contributed by atoms with Crippen LogP contribution >= 0.6 is 34.8 Å². The topological polar surface area (TPSA) is 63.2 Å². The molecular formula is C20H19Cl3FNO3S.